The van der Waals surface area contributed by atoms with Gasteiger partial charge in [0.25, 0.3) is 0 Å². The number of halogens is 1. The van der Waals surface area contributed by atoms with E-state index in [4.69, 9.17) is 15.2 Å². The normalized spacial score (nSPS) is 10.4. The van der Waals surface area contributed by atoms with E-state index in [1.165, 1.54) is 6.07 Å². The summed E-state index contributed by atoms with van der Waals surface area (Å²) in [5.41, 5.74) is 6.92. The second-order valence-corrected chi connectivity index (χ2v) is 3.69. The number of methoxy groups -OCH3 is 1. The molecule has 1 rings (SSSR count). The first-order valence-corrected chi connectivity index (χ1v) is 5.52. The van der Waals surface area contributed by atoms with Crippen molar-refractivity contribution in [1.82, 2.24) is 0 Å². The molecule has 4 nitrogen and oxygen atoms in total. The Balaban J connectivity index is 2.93. The first-order valence-electron chi connectivity index (χ1n) is 5.52. The third kappa shape index (κ3) is 3.49. The van der Waals surface area contributed by atoms with Crippen molar-refractivity contribution >= 4 is 11.4 Å². The van der Waals surface area contributed by atoms with E-state index < -0.39 is 5.82 Å². The summed E-state index contributed by atoms with van der Waals surface area (Å²) in [6.07, 6.45) is 0. The van der Waals surface area contributed by atoms with E-state index in [0.717, 1.165) is 5.69 Å². The van der Waals surface area contributed by atoms with Crippen LogP contribution in [0, 0.1) is 5.82 Å². The summed E-state index contributed by atoms with van der Waals surface area (Å²) in [6, 6.07) is 2.90. The second kappa shape index (κ2) is 6.30. The standard InChI is InChI=1S/C12H19FN2O2/c1-4-17-12-8-11(10(14)7-9(12)13)15(2)5-6-16-3/h7-8H,4-6,14H2,1-3H3. The van der Waals surface area contributed by atoms with E-state index >= 15 is 0 Å². The highest BCUT2D eigenvalue weighted by atomic mass is 19.1. The lowest BCUT2D eigenvalue weighted by atomic mass is 10.2. The average Bonchev–Trinajstić information content (AvgIpc) is 2.29. The fourth-order valence-electron chi connectivity index (χ4n) is 1.50. The van der Waals surface area contributed by atoms with Gasteiger partial charge in [-0.15, -0.1) is 0 Å². The van der Waals surface area contributed by atoms with Crippen molar-refractivity contribution in [2.45, 2.75) is 6.92 Å². The molecule has 0 spiro atoms. The van der Waals surface area contributed by atoms with Gasteiger partial charge in [-0.2, -0.15) is 0 Å². The van der Waals surface area contributed by atoms with E-state index in [-0.39, 0.29) is 5.75 Å². The molecule has 96 valence electrons. The summed E-state index contributed by atoms with van der Waals surface area (Å²) >= 11 is 0. The van der Waals surface area contributed by atoms with Crippen molar-refractivity contribution in [2.75, 3.05) is 44.5 Å². The molecule has 2 N–H and O–H groups in total. The topological polar surface area (TPSA) is 47.7 Å². The van der Waals surface area contributed by atoms with Crippen molar-refractivity contribution < 1.29 is 13.9 Å². The van der Waals surface area contributed by atoms with E-state index in [1.807, 2.05) is 18.9 Å². The number of rotatable bonds is 6. The Morgan fingerprint density at radius 3 is 2.71 bits per heavy atom. The zero-order valence-electron chi connectivity index (χ0n) is 10.5. The molecule has 0 aliphatic carbocycles. The molecule has 1 aromatic carbocycles. The highest BCUT2D eigenvalue weighted by Gasteiger charge is 2.11. The van der Waals surface area contributed by atoms with Crippen molar-refractivity contribution in [3.05, 3.63) is 17.9 Å². The van der Waals surface area contributed by atoms with E-state index in [2.05, 4.69) is 0 Å². The molecule has 0 radical (unpaired) electrons. The lowest BCUT2D eigenvalue weighted by Crippen LogP contribution is -2.23. The number of nitrogens with two attached hydrogens (primary N) is 1. The molecular weight excluding hydrogens is 223 g/mol. The van der Waals surface area contributed by atoms with Gasteiger partial charge < -0.3 is 20.1 Å². The van der Waals surface area contributed by atoms with Crippen LogP contribution in [0.1, 0.15) is 6.92 Å². The van der Waals surface area contributed by atoms with Gasteiger partial charge in [0.1, 0.15) is 0 Å². The predicted octanol–water partition coefficient (Wildman–Crippen LogP) is 1.89. The minimum atomic E-state index is -0.437. The van der Waals surface area contributed by atoms with Gasteiger partial charge in [-0.3, -0.25) is 0 Å². The molecule has 0 bridgehead atoms. The van der Waals surface area contributed by atoms with Gasteiger partial charge >= 0.3 is 0 Å². The van der Waals surface area contributed by atoms with Crippen molar-refractivity contribution in [3.8, 4) is 5.75 Å². The number of benzene rings is 1. The van der Waals surface area contributed by atoms with Crippen LogP contribution >= 0.6 is 0 Å². The predicted molar refractivity (Wildman–Crippen MR) is 67.1 cm³/mol. The van der Waals surface area contributed by atoms with E-state index in [9.17, 15) is 4.39 Å². The molecule has 0 saturated carbocycles. The van der Waals surface area contributed by atoms with Gasteiger partial charge in [-0.05, 0) is 6.92 Å². The minimum Gasteiger partial charge on any atom is -0.491 e. The molecule has 0 heterocycles. The molecular formula is C12H19FN2O2. The molecule has 0 aliphatic heterocycles. The maximum atomic E-state index is 13.5. The van der Waals surface area contributed by atoms with E-state index in [1.54, 1.807) is 13.2 Å². The van der Waals surface area contributed by atoms with Gasteiger partial charge in [-0.25, -0.2) is 4.39 Å². The van der Waals surface area contributed by atoms with Crippen molar-refractivity contribution in [1.29, 1.82) is 0 Å². The van der Waals surface area contributed by atoms with Gasteiger partial charge in [0.15, 0.2) is 11.6 Å². The van der Waals surface area contributed by atoms with Crippen LogP contribution in [0.5, 0.6) is 5.75 Å². The van der Waals surface area contributed by atoms with Crippen molar-refractivity contribution in [2.24, 2.45) is 0 Å². The Labute approximate surface area is 101 Å². The fraction of sp³-hybridized carbons (Fsp3) is 0.500. The van der Waals surface area contributed by atoms with Crippen molar-refractivity contribution in [3.63, 3.8) is 0 Å². The number of likely N-dealkylation sites (N-methyl/N-ethyl adjacent to an activating group) is 1. The third-order valence-electron chi connectivity index (χ3n) is 2.42. The van der Waals surface area contributed by atoms with Crippen LogP contribution in [0.2, 0.25) is 0 Å². The number of nitrogen functional groups attached to an aromatic ring is 1. The first kappa shape index (κ1) is 13.6. The smallest absolute Gasteiger partial charge is 0.167 e. The maximum absolute atomic E-state index is 13.5. The Kier molecular flexibility index (Phi) is 5.03. The summed E-state index contributed by atoms with van der Waals surface area (Å²) in [7, 11) is 3.51. The molecule has 0 aromatic heterocycles. The Morgan fingerprint density at radius 1 is 1.41 bits per heavy atom. The molecule has 0 saturated heterocycles. The van der Waals surface area contributed by atoms with Crippen LogP contribution in [0.3, 0.4) is 0 Å². The zero-order valence-corrected chi connectivity index (χ0v) is 10.5. The van der Waals surface area contributed by atoms with Crippen LogP contribution < -0.4 is 15.4 Å². The number of anilines is 2. The first-order chi connectivity index (χ1) is 8.10. The van der Waals surface area contributed by atoms with Gasteiger partial charge in [-0.1, -0.05) is 0 Å². The zero-order chi connectivity index (χ0) is 12.8. The quantitative estimate of drug-likeness (QED) is 0.774. The highest BCUT2D eigenvalue weighted by Crippen LogP contribution is 2.30. The fourth-order valence-corrected chi connectivity index (χ4v) is 1.50. The SMILES string of the molecule is CCOc1cc(N(C)CCOC)c(N)cc1F. The highest BCUT2D eigenvalue weighted by molar-refractivity contribution is 5.69. The van der Waals surface area contributed by atoms with E-state index in [0.29, 0.717) is 25.4 Å². The lowest BCUT2D eigenvalue weighted by Gasteiger charge is -2.21. The maximum Gasteiger partial charge on any atom is 0.167 e. The third-order valence-corrected chi connectivity index (χ3v) is 2.42. The molecule has 17 heavy (non-hydrogen) atoms. The summed E-state index contributed by atoms with van der Waals surface area (Å²) < 4.78 is 23.7. The summed E-state index contributed by atoms with van der Waals surface area (Å²) in [6.45, 7) is 3.49. The molecule has 0 unspecified atom stereocenters. The summed E-state index contributed by atoms with van der Waals surface area (Å²) in [5, 5.41) is 0. The molecule has 0 atom stereocenters. The molecule has 0 amide bonds. The summed E-state index contributed by atoms with van der Waals surface area (Å²) in [5.74, 6) is -0.214. The molecule has 5 heteroatoms. The number of ether oxygens (including phenoxy) is 2. The average molecular weight is 242 g/mol. The van der Waals surface area contributed by atoms with Crippen LogP contribution in [0.25, 0.3) is 0 Å². The number of hydrogen-bond acceptors (Lipinski definition) is 4. The Morgan fingerprint density at radius 2 is 2.12 bits per heavy atom. The minimum absolute atomic E-state index is 0.223. The van der Waals surface area contributed by atoms with Crippen LogP contribution in [-0.2, 0) is 4.74 Å². The summed E-state index contributed by atoms with van der Waals surface area (Å²) in [4.78, 5) is 1.90. The largest absolute Gasteiger partial charge is 0.491 e. The number of hydrogen-bond donors (Lipinski definition) is 1. The Bertz CT molecular complexity index is 372. The second-order valence-electron chi connectivity index (χ2n) is 3.69. The van der Waals surface area contributed by atoms with Gasteiger partial charge in [0.2, 0.25) is 0 Å². The van der Waals surface area contributed by atoms with Gasteiger partial charge in [0, 0.05) is 32.8 Å². The lowest BCUT2D eigenvalue weighted by molar-refractivity contribution is 0.206. The Hall–Kier alpha value is -1.49. The van der Waals surface area contributed by atoms with Crippen LogP contribution in [-0.4, -0.2) is 33.9 Å². The van der Waals surface area contributed by atoms with Crippen LogP contribution in [0.4, 0.5) is 15.8 Å². The van der Waals surface area contributed by atoms with Crippen LogP contribution in [0.15, 0.2) is 12.1 Å². The molecule has 0 fully saturated rings. The molecule has 1 aromatic rings. The molecule has 0 aliphatic rings. The monoisotopic (exact) mass is 242 g/mol. The number of nitrogens with zero attached hydrogens (tertiary/aromatic N) is 1. The van der Waals surface area contributed by atoms with Gasteiger partial charge in [0.05, 0.1) is 24.6 Å².